The Kier molecular flexibility index (Phi) is 5.16. The molecule has 3 aliphatic rings. The monoisotopic (exact) mass is 403 g/mol. The number of carbonyl (C=O) groups excluding carboxylic acids is 1. The average molecular weight is 404 g/mol. The molecule has 2 aromatic rings. The van der Waals surface area contributed by atoms with Crippen molar-refractivity contribution in [3.8, 4) is 0 Å². The van der Waals surface area contributed by atoms with Crippen molar-refractivity contribution in [3.63, 3.8) is 0 Å². The molecule has 2 aromatic carbocycles. The summed E-state index contributed by atoms with van der Waals surface area (Å²) in [7, 11) is 4.09. The van der Waals surface area contributed by atoms with E-state index in [4.69, 9.17) is 0 Å². The van der Waals surface area contributed by atoms with Crippen LogP contribution in [-0.4, -0.2) is 62.0 Å². The summed E-state index contributed by atoms with van der Waals surface area (Å²) >= 11 is 0. The van der Waals surface area contributed by atoms with E-state index >= 15 is 0 Å². The Hall–Kier alpha value is -2.17. The number of carbonyl (C=O) groups is 1. The maximum absolute atomic E-state index is 13.5. The molecule has 1 atom stereocenters. The number of piperidine rings is 1. The number of fused-ring (bicyclic) bond motifs is 3. The largest absolute Gasteiger partial charge is 0.310 e. The van der Waals surface area contributed by atoms with Crippen molar-refractivity contribution >= 4 is 11.6 Å². The van der Waals surface area contributed by atoms with E-state index in [9.17, 15) is 4.79 Å². The van der Waals surface area contributed by atoms with Gasteiger partial charge in [-0.05, 0) is 87.5 Å². The van der Waals surface area contributed by atoms with Gasteiger partial charge in [-0.1, -0.05) is 42.5 Å². The van der Waals surface area contributed by atoms with Crippen LogP contribution < -0.4 is 4.90 Å². The van der Waals surface area contributed by atoms with Crippen LogP contribution in [0.4, 0.5) is 5.69 Å². The first kappa shape index (κ1) is 19.8. The van der Waals surface area contributed by atoms with E-state index in [-0.39, 0.29) is 11.9 Å². The van der Waals surface area contributed by atoms with E-state index in [2.05, 4.69) is 52.3 Å². The van der Waals surface area contributed by atoms with Gasteiger partial charge in [-0.3, -0.25) is 9.69 Å². The normalized spacial score (nSPS) is 21.1. The average Bonchev–Trinajstić information content (AvgIpc) is 3.35. The number of anilines is 1. The Bertz CT molecular complexity index is 929. The Morgan fingerprint density at radius 2 is 1.63 bits per heavy atom. The molecule has 4 heteroatoms. The zero-order valence-electron chi connectivity index (χ0n) is 18.3. The minimum absolute atomic E-state index is 0.0962. The summed E-state index contributed by atoms with van der Waals surface area (Å²) in [6, 6.07) is 17.3. The third-order valence-corrected chi connectivity index (χ3v) is 7.77. The number of hydrogen-bond acceptors (Lipinski definition) is 3. The predicted molar refractivity (Wildman–Crippen MR) is 122 cm³/mol. The van der Waals surface area contributed by atoms with Crippen molar-refractivity contribution in [2.75, 3.05) is 45.2 Å². The zero-order chi connectivity index (χ0) is 20.7. The highest BCUT2D eigenvalue weighted by Gasteiger charge is 2.42. The van der Waals surface area contributed by atoms with Gasteiger partial charge < -0.3 is 9.80 Å². The van der Waals surface area contributed by atoms with Crippen LogP contribution in [0.3, 0.4) is 0 Å². The molecule has 2 heterocycles. The van der Waals surface area contributed by atoms with Crippen LogP contribution in [0.25, 0.3) is 0 Å². The van der Waals surface area contributed by atoms with Gasteiger partial charge in [0.25, 0.3) is 0 Å². The molecule has 30 heavy (non-hydrogen) atoms. The van der Waals surface area contributed by atoms with Crippen LogP contribution in [0.2, 0.25) is 0 Å². The van der Waals surface area contributed by atoms with E-state index in [1.807, 2.05) is 25.1 Å². The van der Waals surface area contributed by atoms with Crippen molar-refractivity contribution in [3.05, 3.63) is 65.2 Å². The Morgan fingerprint density at radius 1 is 0.933 bits per heavy atom. The quantitative estimate of drug-likeness (QED) is 0.782. The number of rotatable bonds is 4. The highest BCUT2D eigenvalue weighted by Crippen LogP contribution is 2.46. The van der Waals surface area contributed by atoms with E-state index in [0.29, 0.717) is 5.41 Å². The molecule has 5 rings (SSSR count). The molecule has 1 fully saturated rings. The summed E-state index contributed by atoms with van der Waals surface area (Å²) in [4.78, 5) is 20.1. The van der Waals surface area contributed by atoms with Gasteiger partial charge in [0.05, 0.1) is 0 Å². The van der Waals surface area contributed by atoms with Crippen LogP contribution in [0.1, 0.15) is 36.0 Å². The van der Waals surface area contributed by atoms with Crippen LogP contribution in [0.15, 0.2) is 48.5 Å². The molecule has 1 amide bonds. The topological polar surface area (TPSA) is 26.8 Å². The molecule has 0 aromatic heterocycles. The lowest BCUT2D eigenvalue weighted by Gasteiger charge is -2.42. The van der Waals surface area contributed by atoms with E-state index in [1.54, 1.807) is 11.1 Å². The standard InChI is InChI=1S/C26H33N3O/c1-27(2)24(25(30)29-16-12-21-8-4-6-10-23(21)29)19-28-17-14-26(15-18-28)13-11-20-7-3-5-9-22(20)26/h3-10,24H,11-19H2,1-2H3. The predicted octanol–water partition coefficient (Wildman–Crippen LogP) is 3.49. The second-order valence-electron chi connectivity index (χ2n) is 9.59. The molecule has 0 N–H and O–H groups in total. The van der Waals surface area contributed by atoms with Crippen molar-refractivity contribution < 1.29 is 4.79 Å². The van der Waals surface area contributed by atoms with Gasteiger partial charge >= 0.3 is 0 Å². The summed E-state index contributed by atoms with van der Waals surface area (Å²) in [5, 5.41) is 0. The number of benzene rings is 2. The van der Waals surface area contributed by atoms with Gasteiger partial charge in [0.1, 0.15) is 6.04 Å². The SMILES string of the molecule is CN(C)C(CN1CCC2(CCc3ccccc32)CC1)C(=O)N1CCc2ccccc21. The van der Waals surface area contributed by atoms with Crippen molar-refractivity contribution in [1.82, 2.24) is 9.80 Å². The fourth-order valence-electron chi connectivity index (χ4n) is 5.90. The lowest BCUT2D eigenvalue weighted by atomic mass is 9.74. The van der Waals surface area contributed by atoms with Gasteiger partial charge in [-0.25, -0.2) is 0 Å². The Morgan fingerprint density at radius 3 is 2.40 bits per heavy atom. The Balaban J connectivity index is 1.27. The summed E-state index contributed by atoms with van der Waals surface area (Å²) in [5.41, 5.74) is 5.93. The first-order valence-corrected chi connectivity index (χ1v) is 11.4. The first-order valence-electron chi connectivity index (χ1n) is 11.4. The number of nitrogens with zero attached hydrogens (tertiary/aromatic N) is 3. The fraction of sp³-hybridized carbons (Fsp3) is 0.500. The van der Waals surface area contributed by atoms with E-state index < -0.39 is 0 Å². The molecule has 4 nitrogen and oxygen atoms in total. The van der Waals surface area contributed by atoms with Crippen molar-refractivity contribution in [2.45, 2.75) is 43.6 Å². The maximum Gasteiger partial charge on any atom is 0.245 e. The third-order valence-electron chi connectivity index (χ3n) is 7.77. The second-order valence-corrected chi connectivity index (χ2v) is 9.59. The molecule has 1 spiro atoms. The lowest BCUT2D eigenvalue weighted by Crippen LogP contribution is -2.53. The molecule has 1 unspecified atom stereocenters. The highest BCUT2D eigenvalue weighted by molar-refractivity contribution is 5.99. The molecule has 0 radical (unpaired) electrons. The second kappa shape index (κ2) is 7.82. The minimum Gasteiger partial charge on any atom is -0.310 e. The maximum atomic E-state index is 13.5. The van der Waals surface area contributed by atoms with Crippen LogP contribution in [0.5, 0.6) is 0 Å². The third kappa shape index (κ3) is 3.36. The Labute approximate surface area is 180 Å². The number of amides is 1. The minimum atomic E-state index is -0.0962. The van der Waals surface area contributed by atoms with Gasteiger partial charge in [0.15, 0.2) is 0 Å². The van der Waals surface area contributed by atoms with Gasteiger partial charge in [-0.15, -0.1) is 0 Å². The molecule has 0 saturated carbocycles. The summed E-state index contributed by atoms with van der Waals surface area (Å²) in [6.07, 6.45) is 5.91. The molecule has 1 saturated heterocycles. The summed E-state index contributed by atoms with van der Waals surface area (Å²) < 4.78 is 0. The zero-order valence-corrected chi connectivity index (χ0v) is 18.3. The number of hydrogen-bond donors (Lipinski definition) is 0. The summed E-state index contributed by atoms with van der Waals surface area (Å²) in [5.74, 6) is 0.247. The van der Waals surface area contributed by atoms with Crippen LogP contribution in [-0.2, 0) is 23.1 Å². The molecular formula is C26H33N3O. The molecule has 0 bridgehead atoms. The number of likely N-dealkylation sites (N-methyl/N-ethyl adjacent to an activating group) is 1. The van der Waals surface area contributed by atoms with Gasteiger partial charge in [0, 0.05) is 18.8 Å². The van der Waals surface area contributed by atoms with Gasteiger partial charge in [-0.2, -0.15) is 0 Å². The molecular weight excluding hydrogens is 370 g/mol. The molecule has 158 valence electrons. The van der Waals surface area contributed by atoms with E-state index in [0.717, 1.165) is 38.3 Å². The molecule has 1 aliphatic carbocycles. The van der Waals surface area contributed by atoms with Crippen LogP contribution >= 0.6 is 0 Å². The first-order chi connectivity index (χ1) is 14.6. The number of likely N-dealkylation sites (tertiary alicyclic amines) is 1. The van der Waals surface area contributed by atoms with Crippen molar-refractivity contribution in [1.29, 1.82) is 0 Å². The number of aryl methyl sites for hydroxylation is 1. The van der Waals surface area contributed by atoms with Crippen molar-refractivity contribution in [2.24, 2.45) is 0 Å². The number of para-hydroxylation sites is 1. The lowest BCUT2D eigenvalue weighted by molar-refractivity contribution is -0.123. The van der Waals surface area contributed by atoms with Crippen LogP contribution in [0, 0.1) is 0 Å². The summed E-state index contributed by atoms with van der Waals surface area (Å²) in [6.45, 7) is 3.80. The van der Waals surface area contributed by atoms with Gasteiger partial charge in [0.2, 0.25) is 5.91 Å². The smallest absolute Gasteiger partial charge is 0.245 e. The highest BCUT2D eigenvalue weighted by atomic mass is 16.2. The fourth-order valence-corrected chi connectivity index (χ4v) is 5.90. The molecule has 2 aliphatic heterocycles. The van der Waals surface area contributed by atoms with E-state index in [1.165, 1.54) is 31.2 Å².